The summed E-state index contributed by atoms with van der Waals surface area (Å²) >= 11 is 3.38. The molecule has 1 amide bonds. The molecule has 0 atom stereocenters. The van der Waals surface area contributed by atoms with Gasteiger partial charge in [-0.05, 0) is 26.7 Å². The van der Waals surface area contributed by atoms with Crippen molar-refractivity contribution < 1.29 is 9.53 Å². The molecule has 4 heteroatoms. The smallest absolute Gasteiger partial charge is 0.223 e. The van der Waals surface area contributed by atoms with Gasteiger partial charge in [0.25, 0.3) is 0 Å². The van der Waals surface area contributed by atoms with Gasteiger partial charge in [-0.25, -0.2) is 0 Å². The van der Waals surface area contributed by atoms with Crippen molar-refractivity contribution in [3.05, 3.63) is 0 Å². The number of ether oxygens (including phenoxy) is 1. The molecule has 1 rings (SSSR count). The first-order valence-electron chi connectivity index (χ1n) is 5.01. The first-order valence-corrected chi connectivity index (χ1v) is 6.13. The van der Waals surface area contributed by atoms with Crippen molar-refractivity contribution >= 4 is 21.8 Å². The zero-order valence-electron chi connectivity index (χ0n) is 8.81. The number of hydrogen-bond acceptors (Lipinski definition) is 2. The van der Waals surface area contributed by atoms with Crippen LogP contribution in [0.15, 0.2) is 0 Å². The standard InChI is InChI=1S/C10H18BrNO2/c1-10(2,7-11)12-9(13)8-3-5-14-6-4-8/h8H,3-7H2,1-2H3,(H,12,13). The van der Waals surface area contributed by atoms with Crippen molar-refractivity contribution in [1.29, 1.82) is 0 Å². The third-order valence-electron chi connectivity index (χ3n) is 2.39. The van der Waals surface area contributed by atoms with Gasteiger partial charge in [0.15, 0.2) is 0 Å². The summed E-state index contributed by atoms with van der Waals surface area (Å²) in [5.74, 6) is 0.305. The molecule has 1 saturated heterocycles. The van der Waals surface area contributed by atoms with E-state index in [9.17, 15) is 4.79 Å². The van der Waals surface area contributed by atoms with Gasteiger partial charge >= 0.3 is 0 Å². The van der Waals surface area contributed by atoms with Crippen molar-refractivity contribution in [2.45, 2.75) is 32.2 Å². The lowest BCUT2D eigenvalue weighted by Gasteiger charge is -2.28. The van der Waals surface area contributed by atoms with E-state index in [1.807, 2.05) is 13.8 Å². The van der Waals surface area contributed by atoms with Crippen molar-refractivity contribution in [2.75, 3.05) is 18.5 Å². The van der Waals surface area contributed by atoms with Crippen LogP contribution < -0.4 is 5.32 Å². The van der Waals surface area contributed by atoms with Gasteiger partial charge in [0, 0.05) is 30.0 Å². The highest BCUT2D eigenvalue weighted by Gasteiger charge is 2.26. The van der Waals surface area contributed by atoms with E-state index >= 15 is 0 Å². The molecule has 0 aromatic rings. The first-order chi connectivity index (χ1) is 6.55. The summed E-state index contributed by atoms with van der Waals surface area (Å²) in [5, 5.41) is 3.81. The maximum atomic E-state index is 11.8. The van der Waals surface area contributed by atoms with E-state index in [-0.39, 0.29) is 17.4 Å². The maximum Gasteiger partial charge on any atom is 0.223 e. The number of carbonyl (C=O) groups is 1. The van der Waals surface area contributed by atoms with Gasteiger partial charge in [-0.1, -0.05) is 15.9 Å². The number of carbonyl (C=O) groups excluding carboxylic acids is 1. The van der Waals surface area contributed by atoms with Gasteiger partial charge in [0.2, 0.25) is 5.91 Å². The second-order valence-electron chi connectivity index (χ2n) is 4.39. The van der Waals surface area contributed by atoms with Crippen LogP contribution in [0.4, 0.5) is 0 Å². The van der Waals surface area contributed by atoms with Gasteiger partial charge in [-0.15, -0.1) is 0 Å². The van der Waals surface area contributed by atoms with E-state index < -0.39 is 0 Å². The predicted octanol–water partition coefficient (Wildman–Crippen LogP) is 1.70. The first kappa shape index (κ1) is 12.0. The molecule has 0 aromatic carbocycles. The zero-order valence-corrected chi connectivity index (χ0v) is 10.4. The number of alkyl halides is 1. The van der Waals surface area contributed by atoms with Crippen LogP contribution in [-0.4, -0.2) is 30.0 Å². The number of hydrogen-bond donors (Lipinski definition) is 1. The molecule has 0 bridgehead atoms. The highest BCUT2D eigenvalue weighted by molar-refractivity contribution is 9.09. The highest BCUT2D eigenvalue weighted by Crippen LogP contribution is 2.16. The van der Waals surface area contributed by atoms with Crippen LogP contribution >= 0.6 is 15.9 Å². The summed E-state index contributed by atoms with van der Waals surface area (Å²) in [4.78, 5) is 11.8. The van der Waals surface area contributed by atoms with E-state index in [0.29, 0.717) is 13.2 Å². The fraction of sp³-hybridized carbons (Fsp3) is 0.900. The number of nitrogens with one attached hydrogen (secondary N) is 1. The summed E-state index contributed by atoms with van der Waals surface area (Å²) in [6, 6.07) is 0. The molecule has 1 aliphatic heterocycles. The number of rotatable bonds is 3. The average molecular weight is 264 g/mol. The molecule has 0 aliphatic carbocycles. The SMILES string of the molecule is CC(C)(CBr)NC(=O)C1CCOCC1. The van der Waals surface area contributed by atoms with Crippen LogP contribution in [0.1, 0.15) is 26.7 Å². The Labute approximate surface area is 93.7 Å². The van der Waals surface area contributed by atoms with E-state index in [4.69, 9.17) is 4.74 Å². The zero-order chi connectivity index (χ0) is 10.6. The van der Waals surface area contributed by atoms with Gasteiger partial charge in [0.05, 0.1) is 0 Å². The molecule has 0 aromatic heterocycles. The molecule has 14 heavy (non-hydrogen) atoms. The van der Waals surface area contributed by atoms with Crippen LogP contribution in [0.25, 0.3) is 0 Å². The Kier molecular flexibility index (Phi) is 4.38. The minimum atomic E-state index is -0.157. The van der Waals surface area contributed by atoms with Crippen molar-refractivity contribution in [2.24, 2.45) is 5.92 Å². The Bertz CT molecular complexity index is 200. The lowest BCUT2D eigenvalue weighted by molar-refractivity contribution is -0.129. The van der Waals surface area contributed by atoms with Crippen LogP contribution in [0.2, 0.25) is 0 Å². The Balaban J connectivity index is 2.40. The van der Waals surface area contributed by atoms with Gasteiger partial charge < -0.3 is 10.1 Å². The average Bonchev–Trinajstić information content (AvgIpc) is 2.19. The molecule has 1 N–H and O–H groups in total. The van der Waals surface area contributed by atoms with Gasteiger partial charge in [-0.3, -0.25) is 4.79 Å². The summed E-state index contributed by atoms with van der Waals surface area (Å²) in [5.41, 5.74) is -0.157. The molecule has 0 unspecified atom stereocenters. The molecular weight excluding hydrogens is 246 g/mol. The summed E-state index contributed by atoms with van der Waals surface area (Å²) in [6.45, 7) is 5.46. The van der Waals surface area contributed by atoms with Crippen molar-refractivity contribution in [3.8, 4) is 0 Å². The van der Waals surface area contributed by atoms with Crippen LogP contribution in [0.5, 0.6) is 0 Å². The Hall–Kier alpha value is -0.0900. The number of halogens is 1. The lowest BCUT2D eigenvalue weighted by Crippen LogP contribution is -2.48. The third kappa shape index (κ3) is 3.58. The Morgan fingerprint density at radius 1 is 1.50 bits per heavy atom. The minimum absolute atomic E-state index is 0.141. The van der Waals surface area contributed by atoms with Crippen molar-refractivity contribution in [1.82, 2.24) is 5.32 Å². The topological polar surface area (TPSA) is 38.3 Å². The molecule has 3 nitrogen and oxygen atoms in total. The molecular formula is C10H18BrNO2. The Morgan fingerprint density at radius 2 is 2.07 bits per heavy atom. The van der Waals surface area contributed by atoms with Crippen LogP contribution in [-0.2, 0) is 9.53 Å². The minimum Gasteiger partial charge on any atom is -0.381 e. The maximum absolute atomic E-state index is 11.8. The Morgan fingerprint density at radius 3 is 2.57 bits per heavy atom. The normalized spacial score (nSPS) is 19.4. The fourth-order valence-corrected chi connectivity index (χ4v) is 1.57. The number of amides is 1. The van der Waals surface area contributed by atoms with Crippen molar-refractivity contribution in [3.63, 3.8) is 0 Å². The van der Waals surface area contributed by atoms with E-state index in [0.717, 1.165) is 18.2 Å². The summed E-state index contributed by atoms with van der Waals surface area (Å²) < 4.78 is 5.22. The fourth-order valence-electron chi connectivity index (χ4n) is 1.43. The van der Waals surface area contributed by atoms with E-state index in [1.165, 1.54) is 0 Å². The molecule has 0 saturated carbocycles. The molecule has 1 heterocycles. The second-order valence-corrected chi connectivity index (χ2v) is 4.95. The van der Waals surface area contributed by atoms with Gasteiger partial charge in [0.1, 0.15) is 0 Å². The molecule has 1 aliphatic rings. The van der Waals surface area contributed by atoms with E-state index in [2.05, 4.69) is 21.2 Å². The molecule has 0 radical (unpaired) electrons. The van der Waals surface area contributed by atoms with Gasteiger partial charge in [-0.2, -0.15) is 0 Å². The second kappa shape index (κ2) is 5.12. The van der Waals surface area contributed by atoms with Crippen LogP contribution in [0.3, 0.4) is 0 Å². The summed E-state index contributed by atoms with van der Waals surface area (Å²) in [6.07, 6.45) is 1.70. The summed E-state index contributed by atoms with van der Waals surface area (Å²) in [7, 11) is 0. The largest absolute Gasteiger partial charge is 0.381 e. The monoisotopic (exact) mass is 263 g/mol. The molecule has 0 spiro atoms. The third-order valence-corrected chi connectivity index (χ3v) is 3.79. The quantitative estimate of drug-likeness (QED) is 0.788. The highest BCUT2D eigenvalue weighted by atomic mass is 79.9. The predicted molar refractivity (Wildman–Crippen MR) is 59.6 cm³/mol. The molecule has 1 fully saturated rings. The van der Waals surface area contributed by atoms with E-state index in [1.54, 1.807) is 0 Å². The molecule has 82 valence electrons. The lowest BCUT2D eigenvalue weighted by atomic mass is 9.97. The van der Waals surface area contributed by atoms with Crippen LogP contribution in [0, 0.1) is 5.92 Å².